The standard InChI is InChI=1S/C24H19FN4O4.C2HF3O2/c1-33-23(31)28-22-26-19-10-9-15(12-20(19)27-22)24(32)18-8-3-2-7-17(18)21(30)29(24)13-14-5-4-6-16(25)11-14;3-2(4,5)1(6)7/h2-12,32H,13H2,1H3,(H2,26,27,28,31);(H,6,7). The number of fused-ring (bicyclic) bond motifs is 2. The number of nitrogens with one attached hydrogen (secondary N) is 2. The van der Waals surface area contributed by atoms with Gasteiger partial charge in [-0.15, -0.1) is 0 Å². The third-order valence-corrected chi connectivity index (χ3v) is 5.93. The third-order valence-electron chi connectivity index (χ3n) is 5.93. The number of anilines is 1. The van der Waals surface area contributed by atoms with Crippen molar-refractivity contribution in [2.45, 2.75) is 18.4 Å². The molecule has 1 aliphatic rings. The monoisotopic (exact) mass is 560 g/mol. The van der Waals surface area contributed by atoms with Gasteiger partial charge < -0.3 is 19.9 Å². The molecule has 0 bridgehead atoms. The van der Waals surface area contributed by atoms with Gasteiger partial charge in [0.05, 0.1) is 18.1 Å². The van der Waals surface area contributed by atoms with E-state index in [1.54, 1.807) is 54.6 Å². The van der Waals surface area contributed by atoms with Crippen LogP contribution in [-0.4, -0.2) is 56.3 Å². The summed E-state index contributed by atoms with van der Waals surface area (Å²) in [6.07, 6.45) is -5.76. The molecule has 2 heterocycles. The topological polar surface area (TPSA) is 145 Å². The second-order valence-electron chi connectivity index (χ2n) is 8.48. The molecule has 1 unspecified atom stereocenters. The number of aliphatic hydroxyl groups is 1. The fraction of sp³-hybridized carbons (Fsp3) is 0.154. The molecule has 0 fully saturated rings. The summed E-state index contributed by atoms with van der Waals surface area (Å²) in [5.41, 5.74) is 1.04. The van der Waals surface area contributed by atoms with Crippen molar-refractivity contribution in [2.75, 3.05) is 12.4 Å². The van der Waals surface area contributed by atoms with Crippen LogP contribution in [0.1, 0.15) is 27.0 Å². The lowest BCUT2D eigenvalue weighted by Gasteiger charge is -2.35. The number of ether oxygens (including phenoxy) is 1. The Kier molecular flexibility index (Phi) is 7.46. The van der Waals surface area contributed by atoms with Crippen molar-refractivity contribution >= 4 is 35.0 Å². The molecule has 0 saturated heterocycles. The van der Waals surface area contributed by atoms with Crippen LogP contribution in [0.25, 0.3) is 11.0 Å². The van der Waals surface area contributed by atoms with Crippen molar-refractivity contribution in [2.24, 2.45) is 0 Å². The molecule has 14 heteroatoms. The highest BCUT2D eigenvalue weighted by atomic mass is 19.4. The summed E-state index contributed by atoms with van der Waals surface area (Å²) >= 11 is 0. The maximum absolute atomic E-state index is 13.8. The molecule has 40 heavy (non-hydrogen) atoms. The second-order valence-corrected chi connectivity index (χ2v) is 8.48. The van der Waals surface area contributed by atoms with E-state index < -0.39 is 29.8 Å². The van der Waals surface area contributed by atoms with Gasteiger partial charge in [-0.2, -0.15) is 13.2 Å². The summed E-state index contributed by atoms with van der Waals surface area (Å²) < 4.78 is 50.1. The lowest BCUT2D eigenvalue weighted by atomic mass is 9.93. The first kappa shape index (κ1) is 28.0. The van der Waals surface area contributed by atoms with Gasteiger partial charge in [-0.05, 0) is 35.9 Å². The number of amides is 2. The van der Waals surface area contributed by atoms with Crippen molar-refractivity contribution in [1.29, 1.82) is 0 Å². The molecule has 4 N–H and O–H groups in total. The minimum atomic E-state index is -5.08. The summed E-state index contributed by atoms with van der Waals surface area (Å²) in [6.45, 7) is -0.00205. The largest absolute Gasteiger partial charge is 0.490 e. The van der Waals surface area contributed by atoms with Crippen molar-refractivity contribution < 1.29 is 46.9 Å². The number of carbonyl (C=O) groups excluding carboxylic acids is 2. The van der Waals surface area contributed by atoms with E-state index in [0.717, 1.165) is 0 Å². The van der Waals surface area contributed by atoms with Crippen LogP contribution in [0.2, 0.25) is 0 Å². The van der Waals surface area contributed by atoms with E-state index in [1.165, 1.54) is 24.1 Å². The number of carboxylic acids is 1. The van der Waals surface area contributed by atoms with Crippen molar-refractivity contribution in [1.82, 2.24) is 14.9 Å². The number of aliphatic carboxylic acids is 1. The van der Waals surface area contributed by atoms with Gasteiger partial charge in [0, 0.05) is 23.2 Å². The fourth-order valence-corrected chi connectivity index (χ4v) is 4.16. The third kappa shape index (κ3) is 5.42. The van der Waals surface area contributed by atoms with Crippen LogP contribution >= 0.6 is 0 Å². The molecule has 0 spiro atoms. The van der Waals surface area contributed by atoms with Crippen molar-refractivity contribution in [3.8, 4) is 0 Å². The number of imidazole rings is 1. The average molecular weight is 560 g/mol. The van der Waals surface area contributed by atoms with E-state index in [1.807, 2.05) is 0 Å². The zero-order valence-corrected chi connectivity index (χ0v) is 20.5. The molecular formula is C26H20F4N4O6. The van der Waals surface area contributed by atoms with Crippen LogP contribution in [0.15, 0.2) is 66.7 Å². The van der Waals surface area contributed by atoms with Crippen molar-refractivity contribution in [3.63, 3.8) is 0 Å². The number of carbonyl (C=O) groups is 3. The molecule has 0 aliphatic carbocycles. The van der Waals surface area contributed by atoms with Crippen LogP contribution in [0.4, 0.5) is 28.3 Å². The molecule has 0 saturated carbocycles. The number of nitrogens with zero attached hydrogens (tertiary/aromatic N) is 2. The first-order chi connectivity index (χ1) is 18.8. The molecule has 4 aromatic rings. The Hall–Kier alpha value is -4.98. The van der Waals surface area contributed by atoms with Gasteiger partial charge >= 0.3 is 18.2 Å². The van der Waals surface area contributed by atoms with Gasteiger partial charge in [-0.1, -0.05) is 36.4 Å². The highest BCUT2D eigenvalue weighted by molar-refractivity contribution is 6.00. The van der Waals surface area contributed by atoms with Crippen LogP contribution in [-0.2, 0) is 21.8 Å². The molecule has 1 aromatic heterocycles. The number of methoxy groups -OCH3 is 1. The second kappa shape index (κ2) is 10.6. The molecule has 10 nitrogen and oxygen atoms in total. The molecule has 5 rings (SSSR count). The number of aromatic amines is 1. The van der Waals surface area contributed by atoms with Gasteiger partial charge in [-0.3, -0.25) is 15.0 Å². The van der Waals surface area contributed by atoms with Gasteiger partial charge in [0.1, 0.15) is 5.82 Å². The Morgan fingerprint density at radius 3 is 2.45 bits per heavy atom. The Labute approximate surface area is 222 Å². The fourth-order valence-electron chi connectivity index (χ4n) is 4.16. The van der Waals surface area contributed by atoms with Gasteiger partial charge in [0.15, 0.2) is 5.72 Å². The Morgan fingerprint density at radius 2 is 1.80 bits per heavy atom. The van der Waals surface area contributed by atoms with Crippen LogP contribution in [0, 0.1) is 5.82 Å². The lowest BCUT2D eigenvalue weighted by Crippen LogP contribution is -2.44. The number of H-pyrrole nitrogens is 1. The highest BCUT2D eigenvalue weighted by Crippen LogP contribution is 2.43. The zero-order valence-electron chi connectivity index (χ0n) is 20.5. The zero-order chi connectivity index (χ0) is 29.2. The Bertz CT molecular complexity index is 1610. The van der Waals surface area contributed by atoms with Gasteiger partial charge in [-0.25, -0.2) is 19.0 Å². The molecular weight excluding hydrogens is 540 g/mol. The van der Waals surface area contributed by atoms with E-state index in [2.05, 4.69) is 20.0 Å². The Balaban J connectivity index is 0.000000470. The smallest absolute Gasteiger partial charge is 0.475 e. The molecule has 1 aliphatic heterocycles. The maximum atomic E-state index is 13.8. The molecule has 3 aromatic carbocycles. The van der Waals surface area contributed by atoms with Crippen LogP contribution in [0.3, 0.4) is 0 Å². The van der Waals surface area contributed by atoms with Gasteiger partial charge in [0.25, 0.3) is 5.91 Å². The number of hydrogen-bond acceptors (Lipinski definition) is 6. The number of aromatic nitrogens is 2. The minimum absolute atomic E-state index is 0.00205. The first-order valence-corrected chi connectivity index (χ1v) is 11.4. The summed E-state index contributed by atoms with van der Waals surface area (Å²) in [5.74, 6) is -3.37. The van der Waals surface area contributed by atoms with Crippen LogP contribution < -0.4 is 5.32 Å². The number of carboxylic acid groups (broad SMARTS) is 1. The predicted molar refractivity (Wildman–Crippen MR) is 132 cm³/mol. The lowest BCUT2D eigenvalue weighted by molar-refractivity contribution is -0.192. The van der Waals surface area contributed by atoms with E-state index >= 15 is 0 Å². The SMILES string of the molecule is COC(=O)Nc1nc2ccc(C3(O)c4ccccc4C(=O)N3Cc3cccc(F)c3)cc2[nH]1.O=C(O)C(F)(F)F. The molecule has 208 valence electrons. The number of benzene rings is 3. The van der Waals surface area contributed by atoms with Crippen LogP contribution in [0.5, 0.6) is 0 Å². The predicted octanol–water partition coefficient (Wildman–Crippen LogP) is 4.36. The minimum Gasteiger partial charge on any atom is -0.475 e. The Morgan fingerprint density at radius 1 is 1.10 bits per heavy atom. The van der Waals surface area contributed by atoms with Gasteiger partial charge in [0.2, 0.25) is 5.95 Å². The molecule has 2 amide bonds. The number of rotatable bonds is 4. The summed E-state index contributed by atoms with van der Waals surface area (Å²) in [5, 5.41) is 21.6. The average Bonchev–Trinajstić information content (AvgIpc) is 3.40. The van der Waals surface area contributed by atoms with Crippen molar-refractivity contribution in [3.05, 3.63) is 94.8 Å². The number of alkyl halides is 3. The highest BCUT2D eigenvalue weighted by Gasteiger charge is 2.49. The van der Waals surface area contributed by atoms with E-state index in [9.17, 15) is 32.3 Å². The molecule has 0 radical (unpaired) electrons. The number of hydrogen-bond donors (Lipinski definition) is 4. The summed E-state index contributed by atoms with van der Waals surface area (Å²) in [7, 11) is 1.24. The first-order valence-electron chi connectivity index (χ1n) is 11.4. The summed E-state index contributed by atoms with van der Waals surface area (Å²) in [6, 6.07) is 17.7. The number of halogens is 4. The van der Waals surface area contributed by atoms with E-state index in [-0.39, 0.29) is 18.4 Å². The normalized spacial score (nSPS) is 16.2. The quantitative estimate of drug-likeness (QED) is 0.272. The van der Waals surface area contributed by atoms with E-state index in [4.69, 9.17) is 9.90 Å². The summed E-state index contributed by atoms with van der Waals surface area (Å²) in [4.78, 5) is 42.2. The maximum Gasteiger partial charge on any atom is 0.490 e. The molecule has 1 atom stereocenters. The van der Waals surface area contributed by atoms with E-state index in [0.29, 0.717) is 33.3 Å².